The summed E-state index contributed by atoms with van der Waals surface area (Å²) in [6, 6.07) is 0. The maximum atomic E-state index is 10.4. The number of aliphatic carboxylic acids is 4. The summed E-state index contributed by atoms with van der Waals surface area (Å²) in [6.45, 7) is 34.7. The molecule has 0 saturated carbocycles. The first-order valence-electron chi connectivity index (χ1n) is 60.9. The van der Waals surface area contributed by atoms with Crippen molar-refractivity contribution < 1.29 is 123 Å². The van der Waals surface area contributed by atoms with Gasteiger partial charge >= 0.3 is 26.2 Å². The summed E-state index contributed by atoms with van der Waals surface area (Å²) in [7, 11) is 0. The number of carbonyl (C=O) groups is 4. The zero-order valence-corrected chi connectivity index (χ0v) is 97.8. The van der Waals surface area contributed by atoms with Gasteiger partial charge in [0.15, 0.2) is 0 Å². The van der Waals surface area contributed by atoms with Crippen LogP contribution in [0.2, 0.25) is 0 Å². The van der Waals surface area contributed by atoms with E-state index in [4.69, 9.17) is 56.8 Å². The Morgan fingerprint density at radius 3 is 0.291 bits per heavy atom. The Morgan fingerprint density at radius 1 is 0.135 bits per heavy atom. The number of carboxylic acid groups (broad SMARTS) is 4. The van der Waals surface area contributed by atoms with Gasteiger partial charge in [-0.25, -0.2) is 0 Å². The summed E-state index contributed by atoms with van der Waals surface area (Å²) in [5.74, 6) is -7.02. The molecule has 0 bridgehead atoms. The van der Waals surface area contributed by atoms with Crippen molar-refractivity contribution in [2.24, 2.45) is 0 Å². The van der Waals surface area contributed by atoms with E-state index in [1.54, 1.807) is 0 Å². The molecule has 0 aliphatic carbocycles. The summed E-state index contributed by atoms with van der Waals surface area (Å²) in [4.78, 5) is 41.5. The third-order valence-corrected chi connectivity index (χ3v) is 26.3. The smallest absolute Gasteiger partial charge is 0.550 e. The molecule has 0 aromatic heterocycles. The Hall–Kier alpha value is -1.72. The number of hydrogen-bond donors (Lipinski definition) is 0. The standard InChI is InChI=1S/4C30H60O5.Zr/c4*1-4-7-26-33-30(34-27-8-5-2,35-28-9-6-3)25-23-21-19-17-15-13-11-10-12-14-16-18-20-22-24-29(31)32;/h4*4-28H2,1-3H3,(H,31,32);/q;;;;+4/p-4. The fourth-order valence-corrected chi connectivity index (χ4v) is 16.8. The first kappa shape index (κ1) is 148. The van der Waals surface area contributed by atoms with Gasteiger partial charge in [0.2, 0.25) is 0 Å². The number of rotatable bonds is 116. The van der Waals surface area contributed by atoms with Crippen LogP contribution in [0.5, 0.6) is 0 Å². The van der Waals surface area contributed by atoms with E-state index in [-0.39, 0.29) is 51.9 Å². The molecular weight excluding hydrogens is 1850 g/mol. The Bertz CT molecular complexity index is 1980. The number of carbonyl (C=O) groups excluding carboxylic acids is 4. The third kappa shape index (κ3) is 114. The first-order valence-corrected chi connectivity index (χ1v) is 60.9. The van der Waals surface area contributed by atoms with Gasteiger partial charge in [0.05, 0.1) is 79.3 Å². The molecule has 840 valence electrons. The molecule has 0 unspecified atom stereocenters. The fraction of sp³-hybridized carbons (Fsp3) is 0.967. The summed E-state index contributed by atoms with van der Waals surface area (Å²) in [6.07, 6.45) is 98.3. The minimum absolute atomic E-state index is 0. The van der Waals surface area contributed by atoms with E-state index < -0.39 is 47.8 Å². The average Bonchev–Trinajstić information content (AvgIpc) is 0.885. The van der Waals surface area contributed by atoms with Crippen LogP contribution in [-0.4, -0.2) is 127 Å². The first-order chi connectivity index (χ1) is 68.4. The van der Waals surface area contributed by atoms with Crippen LogP contribution in [0, 0.1) is 0 Å². The van der Waals surface area contributed by atoms with Crippen LogP contribution in [0.4, 0.5) is 0 Å². The van der Waals surface area contributed by atoms with Crippen molar-refractivity contribution in [3.05, 3.63) is 0 Å². The van der Waals surface area contributed by atoms with Crippen LogP contribution in [0.15, 0.2) is 0 Å². The van der Waals surface area contributed by atoms with Crippen molar-refractivity contribution in [3.8, 4) is 0 Å². The summed E-state index contributed by atoms with van der Waals surface area (Å²) in [5, 5.41) is 41.5. The van der Waals surface area contributed by atoms with Crippen molar-refractivity contribution >= 4 is 23.9 Å². The molecule has 141 heavy (non-hydrogen) atoms. The molecule has 0 aromatic carbocycles. The molecular formula is C120H236O20Zr. The van der Waals surface area contributed by atoms with Crippen molar-refractivity contribution in [3.63, 3.8) is 0 Å². The van der Waals surface area contributed by atoms with Gasteiger partial charge in [-0.1, -0.05) is 468 Å². The van der Waals surface area contributed by atoms with E-state index in [2.05, 4.69) is 83.1 Å². The maximum Gasteiger partial charge on any atom is 4.00 e. The van der Waals surface area contributed by atoms with Crippen LogP contribution in [-0.2, 0) is 102 Å². The summed E-state index contributed by atoms with van der Waals surface area (Å²) in [5.41, 5.74) is 0. The van der Waals surface area contributed by atoms with Crippen molar-refractivity contribution in [1.82, 2.24) is 0 Å². The molecule has 0 saturated heterocycles. The minimum Gasteiger partial charge on any atom is -0.550 e. The van der Waals surface area contributed by atoms with Gasteiger partial charge in [-0.2, -0.15) is 0 Å². The van der Waals surface area contributed by atoms with Gasteiger partial charge in [0, 0.05) is 49.6 Å². The summed E-state index contributed by atoms with van der Waals surface area (Å²) < 4.78 is 74.7. The van der Waals surface area contributed by atoms with E-state index in [1.165, 1.54) is 257 Å². The number of unbranched alkanes of at least 4 members (excludes halogenated alkanes) is 64. The zero-order valence-electron chi connectivity index (χ0n) is 95.4. The van der Waals surface area contributed by atoms with Crippen molar-refractivity contribution in [2.45, 2.75) is 672 Å². The zero-order chi connectivity index (χ0) is 104. The second kappa shape index (κ2) is 122. The molecule has 0 spiro atoms. The Balaban J connectivity index is -0.000000582. The summed E-state index contributed by atoms with van der Waals surface area (Å²) >= 11 is 0. The van der Waals surface area contributed by atoms with Crippen molar-refractivity contribution in [1.29, 1.82) is 0 Å². The van der Waals surface area contributed by atoms with Gasteiger partial charge in [-0.05, 0) is 154 Å². The minimum atomic E-state index is -0.914. The van der Waals surface area contributed by atoms with Crippen LogP contribution >= 0.6 is 0 Å². The van der Waals surface area contributed by atoms with Crippen LogP contribution in [0.3, 0.4) is 0 Å². The third-order valence-electron chi connectivity index (χ3n) is 26.3. The molecule has 0 N–H and O–H groups in total. The molecule has 0 heterocycles. The van der Waals surface area contributed by atoms with Gasteiger partial charge < -0.3 is 96.4 Å². The normalized spacial score (nSPS) is 11.8. The predicted octanol–water partition coefficient (Wildman–Crippen LogP) is 32.3. The fourth-order valence-electron chi connectivity index (χ4n) is 16.8. The van der Waals surface area contributed by atoms with Gasteiger partial charge in [-0.3, -0.25) is 0 Å². The second-order valence-corrected chi connectivity index (χ2v) is 40.4. The molecule has 20 nitrogen and oxygen atoms in total. The van der Waals surface area contributed by atoms with Gasteiger partial charge in [0.25, 0.3) is 23.9 Å². The topological polar surface area (TPSA) is 271 Å². The van der Waals surface area contributed by atoms with E-state index in [9.17, 15) is 39.6 Å². The average molecular weight is 2090 g/mol. The quantitative estimate of drug-likeness (QED) is 0.0404. The second-order valence-electron chi connectivity index (χ2n) is 40.4. The molecule has 0 fully saturated rings. The van der Waals surface area contributed by atoms with Crippen LogP contribution < -0.4 is 20.4 Å². The van der Waals surface area contributed by atoms with E-state index >= 15 is 0 Å². The molecule has 0 radical (unpaired) electrons. The molecule has 0 rings (SSSR count). The molecule has 21 heteroatoms. The Kier molecular flexibility index (Phi) is 128. The Labute approximate surface area is 892 Å². The van der Waals surface area contributed by atoms with E-state index in [0.29, 0.717) is 79.3 Å². The largest absolute Gasteiger partial charge is 4.00 e. The van der Waals surface area contributed by atoms with Crippen molar-refractivity contribution in [2.75, 3.05) is 79.3 Å². The van der Waals surface area contributed by atoms with Crippen LogP contribution in [0.25, 0.3) is 0 Å². The number of carboxylic acids is 4. The molecule has 0 aliphatic rings. The molecule has 0 aromatic rings. The molecule has 0 amide bonds. The van der Waals surface area contributed by atoms with E-state index in [0.717, 1.165) is 283 Å². The number of ether oxygens (including phenoxy) is 12. The molecule has 0 atom stereocenters. The Morgan fingerprint density at radius 2 is 0.213 bits per heavy atom. The maximum absolute atomic E-state index is 10.4. The predicted molar refractivity (Wildman–Crippen MR) is 577 cm³/mol. The van der Waals surface area contributed by atoms with Crippen LogP contribution in [0.1, 0.15) is 648 Å². The molecule has 0 aliphatic heterocycles. The number of hydrogen-bond acceptors (Lipinski definition) is 20. The van der Waals surface area contributed by atoms with Gasteiger partial charge in [-0.15, -0.1) is 0 Å². The van der Waals surface area contributed by atoms with E-state index in [1.807, 2.05) is 0 Å². The van der Waals surface area contributed by atoms with Gasteiger partial charge in [0.1, 0.15) is 0 Å². The monoisotopic (exact) mass is 2090 g/mol. The SMILES string of the molecule is CCCCOC(CCCCCCCCCCCCCCCCC(=O)[O-])(OCCCC)OCCCC.CCCCOC(CCCCCCCCCCCCCCCCC(=O)[O-])(OCCCC)OCCCC.CCCCOC(CCCCCCCCCCCCCCCCC(=O)[O-])(OCCCC)OCCCC.CCCCOC(CCCCCCCCCCCCCCCCC(=O)[O-])(OCCCC)OCCCC.[Zr+4].